The molecule has 0 aromatic rings. The van der Waals surface area contributed by atoms with Crippen molar-refractivity contribution >= 4 is 5.78 Å². The summed E-state index contributed by atoms with van der Waals surface area (Å²) in [6, 6.07) is 0. The molecule has 2 aliphatic heterocycles. The smallest absolute Gasteiger partial charge is 0.162 e. The molecule has 2 bridgehead atoms. The van der Waals surface area contributed by atoms with Crippen LogP contribution in [-0.2, 0) is 9.53 Å². The molecular formula is C10H10O2. The molecule has 2 heteroatoms. The lowest BCUT2D eigenvalue weighted by Gasteiger charge is -2.16. The van der Waals surface area contributed by atoms with Crippen LogP contribution in [0.4, 0.5) is 0 Å². The zero-order valence-corrected chi connectivity index (χ0v) is 6.86. The number of rotatable bonds is 0. The molecule has 0 unspecified atom stereocenters. The highest BCUT2D eigenvalue weighted by molar-refractivity contribution is 5.97. The molecule has 12 heavy (non-hydrogen) atoms. The summed E-state index contributed by atoms with van der Waals surface area (Å²) < 4.78 is 5.61. The second-order valence-electron chi connectivity index (χ2n) is 3.79. The second-order valence-corrected chi connectivity index (χ2v) is 3.79. The normalized spacial score (nSPS) is 48.4. The molecule has 4 atom stereocenters. The van der Waals surface area contributed by atoms with Crippen molar-refractivity contribution in [2.45, 2.75) is 19.1 Å². The van der Waals surface area contributed by atoms with Crippen LogP contribution >= 0.6 is 0 Å². The lowest BCUT2D eigenvalue weighted by atomic mass is 9.82. The Bertz CT molecular complexity index is 314. The minimum Gasteiger partial charge on any atom is -0.365 e. The van der Waals surface area contributed by atoms with Gasteiger partial charge in [-0.3, -0.25) is 4.79 Å². The summed E-state index contributed by atoms with van der Waals surface area (Å²) in [5.41, 5.74) is 1.20. The Labute approximate surface area is 70.9 Å². The van der Waals surface area contributed by atoms with Gasteiger partial charge in [-0.2, -0.15) is 0 Å². The maximum atomic E-state index is 11.5. The van der Waals surface area contributed by atoms with Gasteiger partial charge in [0.1, 0.15) is 0 Å². The van der Waals surface area contributed by atoms with Crippen LogP contribution in [0.2, 0.25) is 0 Å². The molecule has 1 saturated heterocycles. The SMILES string of the molecule is CC1=CC(=O)[C@@H]2[C@H]1[C@H]1C=C[C@@H]2O1. The molecule has 62 valence electrons. The van der Waals surface area contributed by atoms with Gasteiger partial charge in [0.15, 0.2) is 5.78 Å². The number of ether oxygens (including phenoxy) is 1. The van der Waals surface area contributed by atoms with Crippen molar-refractivity contribution in [3.8, 4) is 0 Å². The molecule has 1 aliphatic carbocycles. The van der Waals surface area contributed by atoms with Gasteiger partial charge in [0.25, 0.3) is 0 Å². The zero-order valence-electron chi connectivity index (χ0n) is 6.86. The number of carbonyl (C=O) groups excluding carboxylic acids is 1. The van der Waals surface area contributed by atoms with Crippen LogP contribution in [0.5, 0.6) is 0 Å². The summed E-state index contributed by atoms with van der Waals surface area (Å²) in [5.74, 6) is 0.724. The fourth-order valence-electron chi connectivity index (χ4n) is 2.61. The van der Waals surface area contributed by atoms with E-state index in [4.69, 9.17) is 4.74 Å². The van der Waals surface area contributed by atoms with Gasteiger partial charge in [-0.25, -0.2) is 0 Å². The van der Waals surface area contributed by atoms with Gasteiger partial charge in [-0.1, -0.05) is 17.7 Å². The van der Waals surface area contributed by atoms with E-state index in [9.17, 15) is 4.79 Å². The first kappa shape index (κ1) is 6.61. The van der Waals surface area contributed by atoms with Gasteiger partial charge >= 0.3 is 0 Å². The molecule has 2 nitrogen and oxygen atoms in total. The maximum absolute atomic E-state index is 11.5. The molecule has 0 spiro atoms. The van der Waals surface area contributed by atoms with Gasteiger partial charge in [-0.05, 0) is 13.0 Å². The number of hydrogen-bond acceptors (Lipinski definition) is 2. The monoisotopic (exact) mass is 162 g/mol. The predicted octanol–water partition coefficient (Wildman–Crippen LogP) is 1.08. The third-order valence-electron chi connectivity index (χ3n) is 3.12. The Hall–Kier alpha value is -0.890. The maximum Gasteiger partial charge on any atom is 0.162 e. The summed E-state index contributed by atoms with van der Waals surface area (Å²) in [4.78, 5) is 11.5. The Kier molecular flexibility index (Phi) is 1.04. The number of carbonyl (C=O) groups is 1. The average Bonchev–Trinajstić information content (AvgIpc) is 2.64. The molecule has 0 aromatic carbocycles. The molecule has 2 heterocycles. The first-order chi connectivity index (χ1) is 5.77. The molecule has 1 fully saturated rings. The van der Waals surface area contributed by atoms with E-state index in [1.807, 2.05) is 13.0 Å². The van der Waals surface area contributed by atoms with Gasteiger partial charge in [-0.15, -0.1) is 0 Å². The minimum atomic E-state index is 0.0706. The molecular weight excluding hydrogens is 152 g/mol. The molecule has 0 radical (unpaired) electrons. The van der Waals surface area contributed by atoms with Crippen LogP contribution in [0, 0.1) is 11.8 Å². The highest BCUT2D eigenvalue weighted by atomic mass is 16.5. The topological polar surface area (TPSA) is 26.3 Å². The van der Waals surface area contributed by atoms with E-state index in [0.717, 1.165) is 0 Å². The van der Waals surface area contributed by atoms with Gasteiger partial charge in [0.05, 0.1) is 18.1 Å². The van der Waals surface area contributed by atoms with Crippen LogP contribution in [-0.4, -0.2) is 18.0 Å². The Morgan fingerprint density at radius 1 is 1.25 bits per heavy atom. The molecule has 0 saturated carbocycles. The standard InChI is InChI=1S/C10H10O2/c1-5-4-6(11)10-8-3-2-7(12-8)9(5)10/h2-4,7-10H,1H3/t7-,8+,9-,10+/m1/s1. The summed E-state index contributed by atoms with van der Waals surface area (Å²) in [6.45, 7) is 2.03. The molecule has 3 aliphatic rings. The minimum absolute atomic E-state index is 0.0706. The van der Waals surface area contributed by atoms with E-state index in [1.165, 1.54) is 5.57 Å². The average molecular weight is 162 g/mol. The van der Waals surface area contributed by atoms with Crippen LogP contribution in [0.25, 0.3) is 0 Å². The lowest BCUT2D eigenvalue weighted by molar-refractivity contribution is -0.118. The summed E-state index contributed by atoms with van der Waals surface area (Å²) in [5, 5.41) is 0. The van der Waals surface area contributed by atoms with Crippen LogP contribution < -0.4 is 0 Å². The first-order valence-corrected chi connectivity index (χ1v) is 4.33. The van der Waals surface area contributed by atoms with E-state index in [2.05, 4.69) is 6.08 Å². The lowest BCUT2D eigenvalue weighted by Crippen LogP contribution is -2.25. The van der Waals surface area contributed by atoms with E-state index in [1.54, 1.807) is 6.08 Å². The Balaban J connectivity index is 2.09. The summed E-state index contributed by atoms with van der Waals surface area (Å²) in [6.07, 6.45) is 6.15. The number of allylic oxidation sites excluding steroid dienone is 1. The summed E-state index contributed by atoms with van der Waals surface area (Å²) >= 11 is 0. The molecule has 3 rings (SSSR count). The fraction of sp³-hybridized carbons (Fsp3) is 0.500. The van der Waals surface area contributed by atoms with E-state index >= 15 is 0 Å². The van der Waals surface area contributed by atoms with Gasteiger partial charge in [0.2, 0.25) is 0 Å². The van der Waals surface area contributed by atoms with Crippen LogP contribution in [0.1, 0.15) is 6.92 Å². The van der Waals surface area contributed by atoms with Crippen molar-refractivity contribution < 1.29 is 9.53 Å². The molecule has 0 amide bonds. The van der Waals surface area contributed by atoms with E-state index in [-0.39, 0.29) is 23.9 Å². The van der Waals surface area contributed by atoms with Gasteiger partial charge in [0, 0.05) is 5.92 Å². The van der Waals surface area contributed by atoms with E-state index < -0.39 is 0 Å². The third-order valence-corrected chi connectivity index (χ3v) is 3.12. The quantitative estimate of drug-likeness (QED) is 0.498. The predicted molar refractivity (Wildman–Crippen MR) is 43.5 cm³/mol. The van der Waals surface area contributed by atoms with Crippen molar-refractivity contribution in [2.24, 2.45) is 11.8 Å². The fourth-order valence-corrected chi connectivity index (χ4v) is 2.61. The Morgan fingerprint density at radius 3 is 2.58 bits per heavy atom. The third kappa shape index (κ3) is 0.581. The van der Waals surface area contributed by atoms with Crippen molar-refractivity contribution in [3.05, 3.63) is 23.8 Å². The molecule has 0 aromatic heterocycles. The second kappa shape index (κ2) is 1.88. The summed E-state index contributed by atoms with van der Waals surface area (Å²) in [7, 11) is 0. The Morgan fingerprint density at radius 2 is 1.92 bits per heavy atom. The van der Waals surface area contributed by atoms with Crippen LogP contribution in [0.15, 0.2) is 23.8 Å². The van der Waals surface area contributed by atoms with Crippen molar-refractivity contribution in [3.63, 3.8) is 0 Å². The van der Waals surface area contributed by atoms with Gasteiger partial charge < -0.3 is 4.74 Å². The largest absolute Gasteiger partial charge is 0.365 e. The number of fused-ring (bicyclic) bond motifs is 5. The van der Waals surface area contributed by atoms with Crippen LogP contribution in [0.3, 0.4) is 0 Å². The van der Waals surface area contributed by atoms with Crippen molar-refractivity contribution in [1.82, 2.24) is 0 Å². The van der Waals surface area contributed by atoms with E-state index in [0.29, 0.717) is 5.92 Å². The number of hydrogen-bond donors (Lipinski definition) is 0. The first-order valence-electron chi connectivity index (χ1n) is 4.33. The van der Waals surface area contributed by atoms with Crippen molar-refractivity contribution in [2.75, 3.05) is 0 Å². The highest BCUT2D eigenvalue weighted by Crippen LogP contribution is 2.46. The zero-order chi connectivity index (χ0) is 8.29. The number of ketones is 1. The van der Waals surface area contributed by atoms with Crippen molar-refractivity contribution in [1.29, 1.82) is 0 Å². The molecule has 0 N–H and O–H groups in total. The highest BCUT2D eigenvalue weighted by Gasteiger charge is 2.52.